The van der Waals surface area contributed by atoms with E-state index < -0.39 is 5.91 Å². The van der Waals surface area contributed by atoms with Crippen LogP contribution in [0.4, 0.5) is 5.69 Å². The molecule has 0 bridgehead atoms. The maximum absolute atomic E-state index is 12.2. The molecular weight excluding hydrogens is 306 g/mol. The first-order valence-electron chi connectivity index (χ1n) is 7.21. The molecule has 1 aromatic heterocycles. The van der Waals surface area contributed by atoms with Gasteiger partial charge in [-0.3, -0.25) is 9.59 Å². The monoisotopic (exact) mass is 323 g/mol. The fourth-order valence-electron chi connectivity index (χ4n) is 1.96. The van der Waals surface area contributed by atoms with Crippen molar-refractivity contribution in [2.45, 2.75) is 6.92 Å². The van der Waals surface area contributed by atoms with Crippen LogP contribution in [-0.4, -0.2) is 30.8 Å². The van der Waals surface area contributed by atoms with Crippen LogP contribution in [0.3, 0.4) is 0 Å². The summed E-state index contributed by atoms with van der Waals surface area (Å²) < 4.78 is 5.21. The number of furan rings is 1. The quantitative estimate of drug-likeness (QED) is 0.692. The van der Waals surface area contributed by atoms with Crippen LogP contribution in [0.25, 0.3) is 6.08 Å². The third-order valence-electron chi connectivity index (χ3n) is 3.34. The molecule has 2 rings (SSSR count). The number of carbonyl (C=O) groups excluding carboxylic acids is 2. The van der Waals surface area contributed by atoms with Gasteiger partial charge < -0.3 is 14.6 Å². The Balaban J connectivity index is 2.14. The van der Waals surface area contributed by atoms with Crippen molar-refractivity contribution in [2.24, 2.45) is 0 Å². The molecule has 0 spiro atoms. The molecule has 24 heavy (non-hydrogen) atoms. The molecule has 6 nitrogen and oxygen atoms in total. The summed E-state index contributed by atoms with van der Waals surface area (Å²) in [7, 11) is 3.33. The Labute approximate surface area is 140 Å². The lowest BCUT2D eigenvalue weighted by atomic mass is 10.1. The zero-order chi connectivity index (χ0) is 17.7. The number of amides is 2. The molecule has 1 aromatic carbocycles. The molecule has 0 unspecified atom stereocenters. The number of nitriles is 1. The zero-order valence-electron chi connectivity index (χ0n) is 13.7. The summed E-state index contributed by atoms with van der Waals surface area (Å²) in [5.74, 6) is -0.201. The van der Waals surface area contributed by atoms with Crippen LogP contribution in [0.1, 0.15) is 21.7 Å². The van der Waals surface area contributed by atoms with Gasteiger partial charge in [0.05, 0.1) is 6.26 Å². The molecule has 6 heteroatoms. The van der Waals surface area contributed by atoms with Crippen molar-refractivity contribution < 1.29 is 14.0 Å². The second-order valence-electron chi connectivity index (χ2n) is 5.37. The summed E-state index contributed by atoms with van der Waals surface area (Å²) in [6, 6.07) is 10.1. The van der Waals surface area contributed by atoms with E-state index in [-0.39, 0.29) is 11.5 Å². The number of rotatable bonds is 4. The van der Waals surface area contributed by atoms with Gasteiger partial charge in [-0.25, -0.2) is 0 Å². The van der Waals surface area contributed by atoms with E-state index in [1.165, 1.54) is 17.2 Å². The Morgan fingerprint density at radius 1 is 1.21 bits per heavy atom. The normalized spacial score (nSPS) is 10.8. The van der Waals surface area contributed by atoms with Gasteiger partial charge in [-0.15, -0.1) is 0 Å². The summed E-state index contributed by atoms with van der Waals surface area (Å²) in [6.45, 7) is 1.82. The summed E-state index contributed by atoms with van der Waals surface area (Å²) in [5, 5.41) is 11.8. The third-order valence-corrected chi connectivity index (χ3v) is 3.34. The van der Waals surface area contributed by atoms with Gasteiger partial charge in [0, 0.05) is 31.4 Å². The van der Waals surface area contributed by atoms with E-state index in [0.29, 0.717) is 17.0 Å². The van der Waals surface area contributed by atoms with Crippen LogP contribution in [0.15, 0.2) is 46.6 Å². The number of nitrogens with zero attached hydrogens (tertiary/aromatic N) is 2. The van der Waals surface area contributed by atoms with E-state index in [1.807, 2.05) is 13.0 Å². The predicted molar refractivity (Wildman–Crippen MR) is 90.1 cm³/mol. The average molecular weight is 323 g/mol. The van der Waals surface area contributed by atoms with Crippen LogP contribution in [-0.2, 0) is 4.79 Å². The Morgan fingerprint density at radius 3 is 2.38 bits per heavy atom. The maximum Gasteiger partial charge on any atom is 0.266 e. The van der Waals surface area contributed by atoms with Crippen molar-refractivity contribution in [1.29, 1.82) is 5.26 Å². The first-order chi connectivity index (χ1) is 11.4. The van der Waals surface area contributed by atoms with Crippen molar-refractivity contribution >= 4 is 23.6 Å². The van der Waals surface area contributed by atoms with Crippen molar-refractivity contribution in [3.8, 4) is 6.07 Å². The fraction of sp³-hybridized carbons (Fsp3) is 0.167. The van der Waals surface area contributed by atoms with Crippen molar-refractivity contribution in [2.75, 3.05) is 19.4 Å². The van der Waals surface area contributed by atoms with Gasteiger partial charge in [0.2, 0.25) is 0 Å². The molecule has 2 aromatic rings. The lowest BCUT2D eigenvalue weighted by Crippen LogP contribution is -2.21. The summed E-state index contributed by atoms with van der Waals surface area (Å²) in [6.07, 6.45) is 2.89. The minimum Gasteiger partial charge on any atom is -0.465 e. The van der Waals surface area contributed by atoms with Crippen LogP contribution in [0, 0.1) is 18.3 Å². The summed E-state index contributed by atoms with van der Waals surface area (Å²) >= 11 is 0. The van der Waals surface area contributed by atoms with Gasteiger partial charge in [0.1, 0.15) is 17.4 Å². The fourth-order valence-corrected chi connectivity index (χ4v) is 1.96. The van der Waals surface area contributed by atoms with Crippen LogP contribution in [0.2, 0.25) is 0 Å². The number of carbonyl (C=O) groups is 2. The lowest BCUT2D eigenvalue weighted by molar-refractivity contribution is -0.112. The minimum atomic E-state index is -0.542. The van der Waals surface area contributed by atoms with Crippen molar-refractivity contribution in [3.05, 3.63) is 59.1 Å². The highest BCUT2D eigenvalue weighted by Crippen LogP contribution is 2.16. The molecule has 1 heterocycles. The second-order valence-corrected chi connectivity index (χ2v) is 5.37. The predicted octanol–water partition coefficient (Wildman–Crippen LogP) is 2.84. The third kappa shape index (κ3) is 3.90. The van der Waals surface area contributed by atoms with E-state index in [4.69, 9.17) is 4.42 Å². The molecule has 0 radical (unpaired) electrons. The highest BCUT2D eigenvalue weighted by atomic mass is 16.3. The Kier molecular flexibility index (Phi) is 5.17. The SMILES string of the molecule is Cc1ccoc1/C=C(/C#N)C(=O)Nc1ccc(C(=O)N(C)C)cc1. The molecule has 0 aliphatic heterocycles. The Hall–Kier alpha value is -3.33. The molecule has 0 aliphatic carbocycles. The van der Waals surface area contributed by atoms with Crippen molar-refractivity contribution in [3.63, 3.8) is 0 Å². The lowest BCUT2D eigenvalue weighted by Gasteiger charge is -2.10. The van der Waals surface area contributed by atoms with Gasteiger partial charge in [0.25, 0.3) is 11.8 Å². The molecule has 0 saturated carbocycles. The van der Waals surface area contributed by atoms with E-state index in [9.17, 15) is 14.9 Å². The maximum atomic E-state index is 12.2. The zero-order valence-corrected chi connectivity index (χ0v) is 13.7. The first kappa shape index (κ1) is 17.0. The topological polar surface area (TPSA) is 86.3 Å². The molecule has 0 aliphatic rings. The molecular formula is C18H17N3O3. The first-order valence-corrected chi connectivity index (χ1v) is 7.21. The van der Waals surface area contributed by atoms with Gasteiger partial charge in [-0.05, 0) is 42.8 Å². The number of benzene rings is 1. The number of anilines is 1. The number of hydrogen-bond acceptors (Lipinski definition) is 4. The van der Waals surface area contributed by atoms with Gasteiger partial charge in [-0.1, -0.05) is 0 Å². The van der Waals surface area contributed by atoms with Gasteiger partial charge in [-0.2, -0.15) is 5.26 Å². The molecule has 122 valence electrons. The van der Waals surface area contributed by atoms with E-state index in [2.05, 4.69) is 5.32 Å². The Bertz CT molecular complexity index is 824. The Morgan fingerprint density at radius 2 is 1.88 bits per heavy atom. The minimum absolute atomic E-state index is 0.0681. The molecule has 0 atom stereocenters. The van der Waals surface area contributed by atoms with Crippen LogP contribution >= 0.6 is 0 Å². The smallest absolute Gasteiger partial charge is 0.266 e. The largest absolute Gasteiger partial charge is 0.465 e. The van der Waals surface area contributed by atoms with E-state index in [0.717, 1.165) is 5.56 Å². The van der Waals surface area contributed by atoms with E-state index >= 15 is 0 Å². The second kappa shape index (κ2) is 7.29. The highest BCUT2D eigenvalue weighted by molar-refractivity contribution is 6.09. The molecule has 0 fully saturated rings. The number of hydrogen-bond donors (Lipinski definition) is 1. The van der Waals surface area contributed by atoms with Crippen LogP contribution < -0.4 is 5.32 Å². The summed E-state index contributed by atoms with van der Waals surface area (Å²) in [4.78, 5) is 25.5. The van der Waals surface area contributed by atoms with Crippen molar-refractivity contribution in [1.82, 2.24) is 4.90 Å². The molecule has 1 N–H and O–H groups in total. The van der Waals surface area contributed by atoms with E-state index in [1.54, 1.807) is 44.4 Å². The highest BCUT2D eigenvalue weighted by Gasteiger charge is 2.12. The van der Waals surface area contributed by atoms with Gasteiger partial charge >= 0.3 is 0 Å². The summed E-state index contributed by atoms with van der Waals surface area (Å²) in [5.41, 5.74) is 1.77. The van der Waals surface area contributed by atoms with Crippen LogP contribution in [0.5, 0.6) is 0 Å². The number of aryl methyl sites for hydroxylation is 1. The van der Waals surface area contributed by atoms with Gasteiger partial charge in [0.15, 0.2) is 0 Å². The molecule has 0 saturated heterocycles. The number of nitrogens with one attached hydrogen (secondary N) is 1. The average Bonchev–Trinajstić information content (AvgIpc) is 2.97. The standard InChI is InChI=1S/C18H17N3O3/c1-12-8-9-24-16(12)10-14(11-19)17(22)20-15-6-4-13(5-7-15)18(23)21(2)3/h4-10H,1-3H3,(H,20,22)/b14-10-. The molecule has 2 amide bonds.